The van der Waals surface area contributed by atoms with Gasteiger partial charge in [0.2, 0.25) is 0 Å². The Bertz CT molecular complexity index is 453. The number of alkyl halides is 3. The monoisotopic (exact) mass is 412 g/mol. The molecule has 9 heteroatoms. The molecule has 0 bridgehead atoms. The Balaban J connectivity index is 0.00000200. The molecule has 1 atom stereocenters. The predicted octanol–water partition coefficient (Wildman–Crippen LogP) is 3.94. The van der Waals surface area contributed by atoms with E-state index in [1.165, 1.54) is 17.0 Å². The predicted molar refractivity (Wildman–Crippen MR) is 81.8 cm³/mol. The third-order valence-electron chi connectivity index (χ3n) is 3.08. The minimum Gasteiger partial charge on any atom is -0.314 e. The lowest BCUT2D eigenvalue weighted by atomic mass is 10.0. The average molecular weight is 414 g/mol. The normalized spacial score (nSPS) is 17.6. The molecule has 1 aliphatic heterocycles. The molecule has 0 radical (unpaired) electrons. The van der Waals surface area contributed by atoms with Crippen LogP contribution in [0.2, 0.25) is 0 Å². The number of piperazine rings is 1. The Kier molecular flexibility index (Phi) is 8.49. The quantitative estimate of drug-likeness (QED) is 0.738. The second-order valence-electron chi connectivity index (χ2n) is 4.40. The van der Waals surface area contributed by atoms with Gasteiger partial charge < -0.3 is 5.32 Å². The summed E-state index contributed by atoms with van der Waals surface area (Å²) in [5.74, 6) is -0.838. The van der Waals surface area contributed by atoms with E-state index in [0.717, 1.165) is 6.07 Å². The zero-order chi connectivity index (χ0) is 14.0. The van der Waals surface area contributed by atoms with Gasteiger partial charge in [-0.1, -0.05) is 22.0 Å². The molecule has 0 aromatic heterocycles. The lowest BCUT2D eigenvalue weighted by Gasteiger charge is -2.36. The first-order valence-corrected chi connectivity index (χ1v) is 6.65. The molecule has 1 N–H and O–H groups in total. The topological polar surface area (TPSA) is 15.3 Å². The third-order valence-corrected chi connectivity index (χ3v) is 3.58. The molecule has 2 rings (SSSR count). The lowest BCUT2D eigenvalue weighted by molar-refractivity contribution is -0.188. The van der Waals surface area contributed by atoms with Crippen molar-refractivity contribution in [3.63, 3.8) is 0 Å². The fraction of sp³-hybridized carbons (Fsp3) is 0.500. The van der Waals surface area contributed by atoms with Gasteiger partial charge in [-0.3, -0.25) is 4.90 Å². The van der Waals surface area contributed by atoms with Crippen molar-refractivity contribution in [3.05, 3.63) is 34.1 Å². The van der Waals surface area contributed by atoms with Gasteiger partial charge in [0.15, 0.2) is 0 Å². The maximum atomic E-state index is 13.8. The van der Waals surface area contributed by atoms with E-state index in [9.17, 15) is 17.6 Å². The summed E-state index contributed by atoms with van der Waals surface area (Å²) in [5.41, 5.74) is -0.322. The summed E-state index contributed by atoms with van der Waals surface area (Å²) in [6, 6.07) is 1.80. The molecular weight excluding hydrogens is 399 g/mol. The summed E-state index contributed by atoms with van der Waals surface area (Å²) >= 11 is 3.05. The van der Waals surface area contributed by atoms with Crippen LogP contribution in [0.25, 0.3) is 0 Å². The number of rotatable bonds is 2. The van der Waals surface area contributed by atoms with E-state index in [1.807, 2.05) is 0 Å². The summed E-state index contributed by atoms with van der Waals surface area (Å²) in [6.45, 7) is 1.45. The number of hydrogen-bond donors (Lipinski definition) is 1. The summed E-state index contributed by atoms with van der Waals surface area (Å²) in [5, 5.41) is 2.99. The molecule has 0 spiro atoms. The van der Waals surface area contributed by atoms with Crippen molar-refractivity contribution in [1.82, 2.24) is 10.2 Å². The van der Waals surface area contributed by atoms with Gasteiger partial charge in [-0.2, -0.15) is 13.2 Å². The van der Waals surface area contributed by atoms with Gasteiger partial charge in [0.05, 0.1) is 0 Å². The van der Waals surface area contributed by atoms with Crippen molar-refractivity contribution in [2.75, 3.05) is 26.2 Å². The minimum atomic E-state index is -4.49. The van der Waals surface area contributed by atoms with Crippen molar-refractivity contribution in [3.8, 4) is 0 Å². The minimum absolute atomic E-state index is 0. The highest BCUT2D eigenvalue weighted by molar-refractivity contribution is 9.10. The molecule has 1 saturated heterocycles. The van der Waals surface area contributed by atoms with Gasteiger partial charge in [0, 0.05) is 36.2 Å². The van der Waals surface area contributed by atoms with E-state index in [0.29, 0.717) is 17.6 Å². The SMILES string of the molecule is Cl.Cl.Fc1cc(Br)ccc1[C@H](N1CCNCC1)C(F)(F)F. The smallest absolute Gasteiger partial charge is 0.314 e. The summed E-state index contributed by atoms with van der Waals surface area (Å²) in [6.07, 6.45) is -4.49. The molecule has 2 nitrogen and oxygen atoms in total. The maximum absolute atomic E-state index is 13.8. The summed E-state index contributed by atoms with van der Waals surface area (Å²) in [7, 11) is 0. The first-order valence-electron chi connectivity index (χ1n) is 5.86. The first-order chi connectivity index (χ1) is 8.89. The fourth-order valence-electron chi connectivity index (χ4n) is 2.24. The molecule has 1 heterocycles. The number of benzene rings is 1. The largest absolute Gasteiger partial charge is 0.408 e. The molecule has 122 valence electrons. The number of nitrogens with zero attached hydrogens (tertiary/aromatic N) is 1. The van der Waals surface area contributed by atoms with E-state index in [1.54, 1.807) is 0 Å². The molecule has 1 fully saturated rings. The van der Waals surface area contributed by atoms with Crippen LogP contribution in [-0.2, 0) is 0 Å². The molecule has 1 aromatic carbocycles. The van der Waals surface area contributed by atoms with Crippen LogP contribution >= 0.6 is 40.7 Å². The summed E-state index contributed by atoms with van der Waals surface area (Å²) in [4.78, 5) is 1.27. The first kappa shape index (κ1) is 20.9. The molecule has 0 unspecified atom stereocenters. The van der Waals surface area contributed by atoms with Crippen molar-refractivity contribution >= 4 is 40.7 Å². The van der Waals surface area contributed by atoms with Crippen LogP contribution in [0.1, 0.15) is 11.6 Å². The van der Waals surface area contributed by atoms with E-state index in [2.05, 4.69) is 21.2 Å². The van der Waals surface area contributed by atoms with Gasteiger partial charge in [-0.15, -0.1) is 24.8 Å². The van der Waals surface area contributed by atoms with Crippen LogP contribution in [0, 0.1) is 5.82 Å². The molecule has 0 amide bonds. The number of nitrogens with one attached hydrogen (secondary N) is 1. The van der Waals surface area contributed by atoms with Crippen LogP contribution in [-0.4, -0.2) is 37.3 Å². The second-order valence-corrected chi connectivity index (χ2v) is 5.31. The molecule has 21 heavy (non-hydrogen) atoms. The van der Waals surface area contributed by atoms with Crippen LogP contribution in [0.5, 0.6) is 0 Å². The highest BCUT2D eigenvalue weighted by Gasteiger charge is 2.46. The van der Waals surface area contributed by atoms with E-state index >= 15 is 0 Å². The van der Waals surface area contributed by atoms with Crippen molar-refractivity contribution in [2.45, 2.75) is 12.2 Å². The zero-order valence-electron chi connectivity index (χ0n) is 10.8. The van der Waals surface area contributed by atoms with Gasteiger partial charge in [-0.25, -0.2) is 4.39 Å². The Hall–Kier alpha value is -0.0800. The average Bonchev–Trinajstić information content (AvgIpc) is 2.32. The van der Waals surface area contributed by atoms with Gasteiger partial charge in [0.1, 0.15) is 11.9 Å². The molecule has 1 aromatic rings. The van der Waals surface area contributed by atoms with Crippen LogP contribution in [0.4, 0.5) is 17.6 Å². The van der Waals surface area contributed by atoms with Crippen molar-refractivity contribution in [1.29, 1.82) is 0 Å². The van der Waals surface area contributed by atoms with Crippen LogP contribution in [0.3, 0.4) is 0 Å². The Morgan fingerprint density at radius 3 is 2.19 bits per heavy atom. The van der Waals surface area contributed by atoms with Crippen LogP contribution in [0.15, 0.2) is 22.7 Å². The Morgan fingerprint density at radius 2 is 1.71 bits per heavy atom. The molecule has 0 aliphatic carbocycles. The Labute approximate surface area is 141 Å². The van der Waals surface area contributed by atoms with Gasteiger partial charge >= 0.3 is 6.18 Å². The highest BCUT2D eigenvalue weighted by atomic mass is 79.9. The van der Waals surface area contributed by atoms with E-state index in [-0.39, 0.29) is 43.5 Å². The number of hydrogen-bond acceptors (Lipinski definition) is 2. The van der Waals surface area contributed by atoms with E-state index in [4.69, 9.17) is 0 Å². The second kappa shape index (κ2) is 8.53. The zero-order valence-corrected chi connectivity index (χ0v) is 14.0. The highest BCUT2D eigenvalue weighted by Crippen LogP contribution is 2.39. The number of halogens is 7. The maximum Gasteiger partial charge on any atom is 0.408 e. The third kappa shape index (κ3) is 5.25. The summed E-state index contributed by atoms with van der Waals surface area (Å²) < 4.78 is 53.9. The molecule has 1 aliphatic rings. The standard InChI is InChI=1S/C12H13BrF4N2.2ClH/c13-8-1-2-9(10(14)7-8)11(12(15,16)17)19-5-3-18-4-6-19;;/h1-2,7,11,18H,3-6H2;2*1H/t11-;;/m0../s1. The van der Waals surface area contributed by atoms with Crippen molar-refractivity contribution in [2.24, 2.45) is 0 Å². The van der Waals surface area contributed by atoms with Crippen LogP contribution < -0.4 is 5.32 Å². The van der Waals surface area contributed by atoms with Crippen molar-refractivity contribution < 1.29 is 17.6 Å². The molecule has 0 saturated carbocycles. The van der Waals surface area contributed by atoms with Gasteiger partial charge in [-0.05, 0) is 12.1 Å². The Morgan fingerprint density at radius 1 is 1.14 bits per heavy atom. The fourth-order valence-corrected chi connectivity index (χ4v) is 2.58. The lowest BCUT2D eigenvalue weighted by Crippen LogP contribution is -2.49. The molecular formula is C12H15BrCl2F4N2. The van der Waals surface area contributed by atoms with E-state index < -0.39 is 18.0 Å². The van der Waals surface area contributed by atoms with Gasteiger partial charge in [0.25, 0.3) is 0 Å².